The van der Waals surface area contributed by atoms with Crippen molar-refractivity contribution < 1.29 is 9.59 Å². The lowest BCUT2D eigenvalue weighted by Crippen LogP contribution is -2.51. The van der Waals surface area contributed by atoms with Gasteiger partial charge in [-0.3, -0.25) is 9.59 Å². The van der Waals surface area contributed by atoms with Crippen LogP contribution in [0.25, 0.3) is 0 Å². The van der Waals surface area contributed by atoms with Gasteiger partial charge in [-0.2, -0.15) is 0 Å². The summed E-state index contributed by atoms with van der Waals surface area (Å²) in [7, 11) is 0. The van der Waals surface area contributed by atoms with Gasteiger partial charge in [0.1, 0.15) is 0 Å². The number of carbonyl (C=O) groups is 2. The second-order valence-corrected chi connectivity index (χ2v) is 7.85. The van der Waals surface area contributed by atoms with Crippen molar-refractivity contribution in [1.82, 2.24) is 4.90 Å². The van der Waals surface area contributed by atoms with E-state index in [1.807, 2.05) is 24.3 Å². The summed E-state index contributed by atoms with van der Waals surface area (Å²) in [5, 5.41) is 2.84. The van der Waals surface area contributed by atoms with Crippen LogP contribution in [0.1, 0.15) is 42.9 Å². The Morgan fingerprint density at radius 1 is 1.00 bits per heavy atom. The second kappa shape index (κ2) is 9.12. The van der Waals surface area contributed by atoms with Crippen LogP contribution in [0.2, 0.25) is 0 Å². The van der Waals surface area contributed by atoms with Crippen molar-refractivity contribution in [2.75, 3.05) is 36.4 Å². The van der Waals surface area contributed by atoms with Gasteiger partial charge in [0.2, 0.25) is 0 Å². The zero-order valence-electron chi connectivity index (χ0n) is 17.9. The standard InChI is InChI=1S/C24H31N3O2/c1-5-17(2)20-10-6-7-11-21(20)25-23(28)24(29)27-15-13-26(14-16-27)22-12-8-9-18(3)19(22)4/h6-12,17H,5,13-16H2,1-4H3,(H,25,28). The maximum Gasteiger partial charge on any atom is 0.313 e. The van der Waals surface area contributed by atoms with Crippen LogP contribution in [-0.2, 0) is 9.59 Å². The highest BCUT2D eigenvalue weighted by Crippen LogP contribution is 2.27. The first-order chi connectivity index (χ1) is 13.9. The molecule has 0 bridgehead atoms. The van der Waals surface area contributed by atoms with Crippen molar-refractivity contribution in [2.24, 2.45) is 0 Å². The summed E-state index contributed by atoms with van der Waals surface area (Å²) in [6.07, 6.45) is 0.973. The van der Waals surface area contributed by atoms with Crippen molar-refractivity contribution in [3.8, 4) is 0 Å². The summed E-state index contributed by atoms with van der Waals surface area (Å²) in [4.78, 5) is 29.3. The van der Waals surface area contributed by atoms with Crippen LogP contribution in [0.15, 0.2) is 42.5 Å². The number of piperazine rings is 1. The third kappa shape index (κ3) is 4.61. The van der Waals surface area contributed by atoms with Gasteiger partial charge in [-0.1, -0.05) is 44.2 Å². The van der Waals surface area contributed by atoms with Gasteiger partial charge in [0, 0.05) is 37.6 Å². The van der Waals surface area contributed by atoms with E-state index in [1.165, 1.54) is 16.8 Å². The number of aryl methyl sites for hydroxylation is 1. The molecule has 1 saturated heterocycles. The van der Waals surface area contributed by atoms with Crippen molar-refractivity contribution in [3.05, 3.63) is 59.2 Å². The molecule has 1 heterocycles. The van der Waals surface area contributed by atoms with Crippen molar-refractivity contribution in [1.29, 1.82) is 0 Å². The molecule has 3 rings (SSSR count). The first kappa shape index (κ1) is 20.9. The molecule has 2 aromatic carbocycles. The van der Waals surface area contributed by atoms with Crippen LogP contribution >= 0.6 is 0 Å². The summed E-state index contributed by atoms with van der Waals surface area (Å²) in [5.74, 6) is -0.687. The van der Waals surface area contributed by atoms with Crippen molar-refractivity contribution in [3.63, 3.8) is 0 Å². The van der Waals surface area contributed by atoms with Crippen molar-refractivity contribution in [2.45, 2.75) is 40.0 Å². The van der Waals surface area contributed by atoms with E-state index in [0.29, 0.717) is 19.0 Å². The van der Waals surface area contributed by atoms with Crippen LogP contribution in [0.3, 0.4) is 0 Å². The normalized spacial score (nSPS) is 15.2. The van der Waals surface area contributed by atoms with E-state index in [1.54, 1.807) is 4.90 Å². The highest BCUT2D eigenvalue weighted by atomic mass is 16.2. The molecule has 1 fully saturated rings. The smallest absolute Gasteiger partial charge is 0.313 e. The Labute approximate surface area is 173 Å². The maximum atomic E-state index is 12.7. The Balaban J connectivity index is 1.62. The van der Waals surface area contributed by atoms with Gasteiger partial charge in [0.05, 0.1) is 0 Å². The summed E-state index contributed by atoms with van der Waals surface area (Å²) in [6.45, 7) is 11.0. The molecule has 0 spiro atoms. The predicted octanol–water partition coefficient (Wildman–Crippen LogP) is 4.10. The molecular formula is C24H31N3O2. The lowest BCUT2D eigenvalue weighted by molar-refractivity contribution is -0.143. The lowest BCUT2D eigenvalue weighted by atomic mass is 9.97. The van der Waals surface area contributed by atoms with Gasteiger partial charge >= 0.3 is 11.8 Å². The average Bonchev–Trinajstić information content (AvgIpc) is 2.75. The number of nitrogens with one attached hydrogen (secondary N) is 1. The minimum Gasteiger partial charge on any atom is -0.368 e. The third-order valence-corrected chi connectivity index (χ3v) is 6.03. The van der Waals surface area contributed by atoms with E-state index in [-0.39, 0.29) is 0 Å². The molecule has 0 aliphatic carbocycles. The number of anilines is 2. The highest BCUT2D eigenvalue weighted by molar-refractivity contribution is 6.39. The SMILES string of the molecule is CCC(C)c1ccccc1NC(=O)C(=O)N1CCN(c2cccc(C)c2C)CC1. The van der Waals surface area contributed by atoms with Gasteiger partial charge in [-0.15, -0.1) is 0 Å². The fourth-order valence-electron chi connectivity index (χ4n) is 3.81. The molecule has 1 unspecified atom stereocenters. The van der Waals surface area contributed by atoms with E-state index in [9.17, 15) is 9.59 Å². The quantitative estimate of drug-likeness (QED) is 0.796. The van der Waals surface area contributed by atoms with Crippen molar-refractivity contribution >= 4 is 23.2 Å². The van der Waals surface area contributed by atoms with E-state index in [0.717, 1.165) is 30.8 Å². The Hall–Kier alpha value is -2.82. The topological polar surface area (TPSA) is 52.7 Å². The Bertz CT molecular complexity index is 885. The van der Waals surface area contributed by atoms with Gasteiger partial charge in [-0.05, 0) is 55.0 Å². The molecule has 0 radical (unpaired) electrons. The first-order valence-corrected chi connectivity index (χ1v) is 10.4. The third-order valence-electron chi connectivity index (χ3n) is 6.03. The molecule has 29 heavy (non-hydrogen) atoms. The van der Waals surface area contributed by atoms with Crippen LogP contribution in [0, 0.1) is 13.8 Å². The summed E-state index contributed by atoms with van der Waals surface area (Å²) in [5.41, 5.74) is 5.54. The average molecular weight is 394 g/mol. The zero-order valence-corrected chi connectivity index (χ0v) is 17.9. The molecule has 0 aromatic heterocycles. The van der Waals surface area contributed by atoms with Gasteiger partial charge < -0.3 is 15.1 Å². The molecule has 1 aliphatic heterocycles. The van der Waals surface area contributed by atoms with E-state index in [2.05, 4.69) is 56.1 Å². The van der Waals surface area contributed by atoms with Crippen LogP contribution in [0.4, 0.5) is 11.4 Å². The molecule has 5 heteroatoms. The van der Waals surface area contributed by atoms with Gasteiger partial charge in [-0.25, -0.2) is 0 Å². The minimum absolute atomic E-state index is 0.322. The molecular weight excluding hydrogens is 362 g/mol. The number of amides is 2. The maximum absolute atomic E-state index is 12.7. The minimum atomic E-state index is -0.555. The predicted molar refractivity (Wildman–Crippen MR) is 118 cm³/mol. The largest absolute Gasteiger partial charge is 0.368 e. The number of rotatable bonds is 4. The molecule has 2 aromatic rings. The summed E-state index contributed by atoms with van der Waals surface area (Å²) in [6, 6.07) is 14.0. The number of nitrogens with zero attached hydrogens (tertiary/aromatic N) is 2. The summed E-state index contributed by atoms with van der Waals surface area (Å²) >= 11 is 0. The zero-order chi connectivity index (χ0) is 21.0. The molecule has 1 atom stereocenters. The number of benzene rings is 2. The number of hydrogen-bond acceptors (Lipinski definition) is 3. The Morgan fingerprint density at radius 3 is 2.38 bits per heavy atom. The Kier molecular flexibility index (Phi) is 6.57. The highest BCUT2D eigenvalue weighted by Gasteiger charge is 2.27. The molecule has 1 aliphatic rings. The molecule has 0 saturated carbocycles. The Morgan fingerprint density at radius 2 is 1.69 bits per heavy atom. The van der Waals surface area contributed by atoms with Gasteiger partial charge in [0.15, 0.2) is 0 Å². The lowest BCUT2D eigenvalue weighted by Gasteiger charge is -2.36. The monoisotopic (exact) mass is 393 g/mol. The molecule has 1 N–H and O–H groups in total. The molecule has 5 nitrogen and oxygen atoms in total. The van der Waals surface area contributed by atoms with Crippen LogP contribution < -0.4 is 10.2 Å². The van der Waals surface area contributed by atoms with Crippen LogP contribution in [0.5, 0.6) is 0 Å². The fourth-order valence-corrected chi connectivity index (χ4v) is 3.81. The van der Waals surface area contributed by atoms with E-state index < -0.39 is 11.8 Å². The molecule has 154 valence electrons. The summed E-state index contributed by atoms with van der Waals surface area (Å²) < 4.78 is 0. The molecule has 2 amide bonds. The first-order valence-electron chi connectivity index (χ1n) is 10.4. The van der Waals surface area contributed by atoms with Gasteiger partial charge in [0.25, 0.3) is 0 Å². The number of para-hydroxylation sites is 1. The van der Waals surface area contributed by atoms with E-state index in [4.69, 9.17) is 0 Å². The number of hydrogen-bond donors (Lipinski definition) is 1. The van der Waals surface area contributed by atoms with Crippen LogP contribution in [-0.4, -0.2) is 42.9 Å². The van der Waals surface area contributed by atoms with E-state index >= 15 is 0 Å². The number of carbonyl (C=O) groups excluding carboxylic acids is 2. The second-order valence-electron chi connectivity index (χ2n) is 7.85. The fraction of sp³-hybridized carbons (Fsp3) is 0.417.